The van der Waals surface area contributed by atoms with Gasteiger partial charge in [0.05, 0.1) is 5.69 Å². The minimum Gasteiger partial charge on any atom is -0.478 e. The van der Waals surface area contributed by atoms with Gasteiger partial charge in [-0.25, -0.2) is 9.48 Å². The SMILES string of the molecule is Cc1cccc(C)c1-n1nc(/C=C/C(=O)O)c(=O)cc1C. The monoisotopic (exact) mass is 284 g/mol. The highest BCUT2D eigenvalue weighted by atomic mass is 16.4. The molecule has 0 aliphatic heterocycles. The first-order chi connectivity index (χ1) is 9.90. The highest BCUT2D eigenvalue weighted by Gasteiger charge is 2.10. The first-order valence-corrected chi connectivity index (χ1v) is 6.48. The van der Waals surface area contributed by atoms with Gasteiger partial charge >= 0.3 is 5.97 Å². The van der Waals surface area contributed by atoms with Gasteiger partial charge in [0.25, 0.3) is 0 Å². The highest BCUT2D eigenvalue weighted by Crippen LogP contribution is 2.18. The Kier molecular flexibility index (Phi) is 4.03. The van der Waals surface area contributed by atoms with Crippen LogP contribution in [0.4, 0.5) is 0 Å². The van der Waals surface area contributed by atoms with Crippen molar-refractivity contribution >= 4 is 12.0 Å². The molecule has 5 heteroatoms. The number of aliphatic carboxylic acids is 1. The number of rotatable bonds is 3. The Bertz CT molecular complexity index is 768. The van der Waals surface area contributed by atoms with E-state index in [0.717, 1.165) is 22.9 Å². The molecule has 2 rings (SSSR count). The van der Waals surface area contributed by atoms with Gasteiger partial charge < -0.3 is 5.11 Å². The third kappa shape index (κ3) is 3.08. The fourth-order valence-electron chi connectivity index (χ4n) is 2.19. The van der Waals surface area contributed by atoms with Crippen LogP contribution in [0.15, 0.2) is 35.1 Å². The number of para-hydroxylation sites is 1. The van der Waals surface area contributed by atoms with Gasteiger partial charge in [-0.15, -0.1) is 0 Å². The van der Waals surface area contributed by atoms with Gasteiger partial charge in [-0.2, -0.15) is 5.10 Å². The van der Waals surface area contributed by atoms with E-state index in [-0.39, 0.29) is 11.1 Å². The number of hydrogen-bond acceptors (Lipinski definition) is 3. The molecule has 21 heavy (non-hydrogen) atoms. The lowest BCUT2D eigenvalue weighted by atomic mass is 10.1. The Morgan fingerprint density at radius 1 is 1.24 bits per heavy atom. The number of aryl methyl sites for hydroxylation is 3. The summed E-state index contributed by atoms with van der Waals surface area (Å²) >= 11 is 0. The van der Waals surface area contributed by atoms with Crippen molar-refractivity contribution in [1.82, 2.24) is 9.78 Å². The Morgan fingerprint density at radius 3 is 2.43 bits per heavy atom. The highest BCUT2D eigenvalue weighted by molar-refractivity contribution is 5.84. The molecule has 0 fully saturated rings. The molecule has 0 spiro atoms. The first kappa shape index (κ1) is 14.7. The standard InChI is InChI=1S/C16H16N2O3/c1-10-5-4-6-11(2)16(10)18-12(3)9-14(19)13(17-18)7-8-15(20)21/h4-9H,1-3H3,(H,20,21)/b8-7+. The number of aromatic nitrogens is 2. The lowest BCUT2D eigenvalue weighted by Gasteiger charge is -2.15. The summed E-state index contributed by atoms with van der Waals surface area (Å²) in [6, 6.07) is 7.35. The fourth-order valence-corrected chi connectivity index (χ4v) is 2.19. The molecular weight excluding hydrogens is 268 g/mol. The summed E-state index contributed by atoms with van der Waals surface area (Å²) in [5, 5.41) is 13.0. The molecule has 1 aromatic heterocycles. The van der Waals surface area contributed by atoms with Crippen LogP contribution < -0.4 is 5.43 Å². The zero-order chi connectivity index (χ0) is 15.6. The summed E-state index contributed by atoms with van der Waals surface area (Å²) < 4.78 is 1.67. The van der Waals surface area contributed by atoms with Gasteiger partial charge in [0.15, 0.2) is 0 Å². The van der Waals surface area contributed by atoms with E-state index in [9.17, 15) is 9.59 Å². The van der Waals surface area contributed by atoms with Gasteiger partial charge in [-0.3, -0.25) is 4.79 Å². The van der Waals surface area contributed by atoms with Crippen LogP contribution in [0.25, 0.3) is 11.8 Å². The van der Waals surface area contributed by atoms with Gasteiger partial charge in [-0.1, -0.05) is 18.2 Å². The Labute approximate surface area is 122 Å². The minimum atomic E-state index is -1.12. The molecule has 1 aromatic carbocycles. The second kappa shape index (κ2) is 5.75. The molecule has 5 nitrogen and oxygen atoms in total. The maximum Gasteiger partial charge on any atom is 0.328 e. The molecule has 0 aliphatic carbocycles. The van der Waals surface area contributed by atoms with Crippen molar-refractivity contribution < 1.29 is 9.90 Å². The number of carbonyl (C=O) groups is 1. The molecule has 0 bridgehead atoms. The van der Waals surface area contributed by atoms with E-state index in [1.54, 1.807) is 11.6 Å². The van der Waals surface area contributed by atoms with E-state index in [4.69, 9.17) is 5.11 Å². The van der Waals surface area contributed by atoms with Crippen molar-refractivity contribution in [2.75, 3.05) is 0 Å². The normalized spacial score (nSPS) is 11.0. The van der Waals surface area contributed by atoms with Gasteiger partial charge in [0.2, 0.25) is 5.43 Å². The van der Waals surface area contributed by atoms with Crippen LogP contribution in [0.3, 0.4) is 0 Å². The Morgan fingerprint density at radius 2 is 1.86 bits per heavy atom. The van der Waals surface area contributed by atoms with Crippen LogP contribution in [-0.2, 0) is 4.79 Å². The first-order valence-electron chi connectivity index (χ1n) is 6.48. The third-order valence-electron chi connectivity index (χ3n) is 3.17. The molecule has 0 saturated carbocycles. The summed E-state index contributed by atoms with van der Waals surface area (Å²) in [5.74, 6) is -1.12. The molecule has 0 radical (unpaired) electrons. The molecular formula is C16H16N2O3. The van der Waals surface area contributed by atoms with Crippen LogP contribution in [-0.4, -0.2) is 20.9 Å². The molecule has 0 saturated heterocycles. The number of nitrogens with zero attached hydrogens (tertiary/aromatic N) is 2. The summed E-state index contributed by atoms with van der Waals surface area (Å²) in [5.41, 5.74) is 3.47. The number of carboxylic acid groups (broad SMARTS) is 1. The topological polar surface area (TPSA) is 72.2 Å². The molecule has 1 heterocycles. The van der Waals surface area contributed by atoms with Crippen molar-refractivity contribution in [2.45, 2.75) is 20.8 Å². The van der Waals surface area contributed by atoms with Crippen LogP contribution in [0, 0.1) is 20.8 Å². The van der Waals surface area contributed by atoms with E-state index in [1.165, 1.54) is 12.1 Å². The van der Waals surface area contributed by atoms with Crippen molar-refractivity contribution in [1.29, 1.82) is 0 Å². The number of hydrogen-bond donors (Lipinski definition) is 1. The predicted octanol–water partition coefficient (Wildman–Crippen LogP) is 2.26. The predicted molar refractivity (Wildman–Crippen MR) is 80.7 cm³/mol. The van der Waals surface area contributed by atoms with Crippen LogP contribution in [0.5, 0.6) is 0 Å². The fraction of sp³-hybridized carbons (Fsp3) is 0.188. The molecule has 0 amide bonds. The lowest BCUT2D eigenvalue weighted by molar-refractivity contribution is -0.131. The maximum absolute atomic E-state index is 11.9. The summed E-state index contributed by atoms with van der Waals surface area (Å²) in [7, 11) is 0. The second-order valence-corrected chi connectivity index (χ2v) is 4.86. The molecule has 2 aromatic rings. The molecule has 108 valence electrons. The zero-order valence-electron chi connectivity index (χ0n) is 12.1. The van der Waals surface area contributed by atoms with E-state index < -0.39 is 5.97 Å². The van der Waals surface area contributed by atoms with Crippen LogP contribution in [0.1, 0.15) is 22.5 Å². The van der Waals surface area contributed by atoms with Crippen LogP contribution in [0.2, 0.25) is 0 Å². The van der Waals surface area contributed by atoms with Gasteiger partial charge in [0, 0.05) is 17.8 Å². The summed E-state index contributed by atoms with van der Waals surface area (Å²) in [6.45, 7) is 5.73. The number of carboxylic acids is 1. The Hall–Kier alpha value is -2.69. The van der Waals surface area contributed by atoms with E-state index in [0.29, 0.717) is 5.69 Å². The summed E-state index contributed by atoms with van der Waals surface area (Å²) in [6.07, 6.45) is 2.13. The maximum atomic E-state index is 11.9. The van der Waals surface area contributed by atoms with E-state index in [1.807, 2.05) is 32.0 Å². The molecule has 0 unspecified atom stereocenters. The average molecular weight is 284 g/mol. The largest absolute Gasteiger partial charge is 0.478 e. The third-order valence-corrected chi connectivity index (χ3v) is 3.17. The van der Waals surface area contributed by atoms with Crippen molar-refractivity contribution in [2.24, 2.45) is 0 Å². The van der Waals surface area contributed by atoms with E-state index in [2.05, 4.69) is 5.10 Å². The Balaban J connectivity index is 2.67. The number of benzene rings is 1. The average Bonchev–Trinajstić information content (AvgIpc) is 2.39. The van der Waals surface area contributed by atoms with Crippen LogP contribution >= 0.6 is 0 Å². The quantitative estimate of drug-likeness (QED) is 0.877. The lowest BCUT2D eigenvalue weighted by Crippen LogP contribution is -2.17. The molecule has 0 atom stereocenters. The van der Waals surface area contributed by atoms with E-state index >= 15 is 0 Å². The second-order valence-electron chi connectivity index (χ2n) is 4.86. The zero-order valence-corrected chi connectivity index (χ0v) is 12.1. The van der Waals surface area contributed by atoms with Gasteiger partial charge in [0.1, 0.15) is 5.69 Å². The van der Waals surface area contributed by atoms with Crippen molar-refractivity contribution in [3.05, 3.63) is 63.1 Å². The van der Waals surface area contributed by atoms with Crippen molar-refractivity contribution in [3.8, 4) is 5.69 Å². The smallest absolute Gasteiger partial charge is 0.328 e. The molecule has 0 aliphatic rings. The van der Waals surface area contributed by atoms with Crippen molar-refractivity contribution in [3.63, 3.8) is 0 Å². The summed E-state index contributed by atoms with van der Waals surface area (Å²) in [4.78, 5) is 22.5. The minimum absolute atomic E-state index is 0.102. The molecule has 1 N–H and O–H groups in total. The van der Waals surface area contributed by atoms with Gasteiger partial charge in [-0.05, 0) is 38.0 Å².